The van der Waals surface area contributed by atoms with E-state index in [0.29, 0.717) is 19.9 Å². The number of rotatable bonds is 5. The number of amides is 1. The smallest absolute Gasteiger partial charge is 0.242 e. The van der Waals surface area contributed by atoms with E-state index in [9.17, 15) is 9.59 Å². The third kappa shape index (κ3) is 5.96. The Morgan fingerprint density at radius 1 is 1.06 bits per heavy atom. The number of hydrogen-bond donors (Lipinski definition) is 0. The number of benzene rings is 1. The molecule has 0 radical (unpaired) electrons. The Morgan fingerprint density at radius 3 is 2.26 bits per heavy atom. The fourth-order valence-electron chi connectivity index (χ4n) is 3.82. The van der Waals surface area contributed by atoms with Gasteiger partial charge in [-0.05, 0) is 72.0 Å². The van der Waals surface area contributed by atoms with Crippen molar-refractivity contribution in [1.29, 1.82) is 0 Å². The molecule has 1 atom stereocenters. The molecule has 0 fully saturated rings. The molecule has 3 heterocycles. The summed E-state index contributed by atoms with van der Waals surface area (Å²) in [6, 6.07) is 6.01. The Hall–Kier alpha value is -3.05. The normalized spacial score (nSPS) is 14.6. The highest BCUT2D eigenvalue weighted by Crippen LogP contribution is 2.46. The van der Waals surface area contributed by atoms with Gasteiger partial charge in [-0.3, -0.25) is 19.5 Å². The van der Waals surface area contributed by atoms with E-state index in [0.717, 1.165) is 40.3 Å². The molecule has 1 unspecified atom stereocenters. The second-order valence-corrected chi connectivity index (χ2v) is 12.3. The van der Waals surface area contributed by atoms with Crippen LogP contribution in [0.3, 0.4) is 0 Å². The summed E-state index contributed by atoms with van der Waals surface area (Å²) in [4.78, 5) is 42.6. The van der Waals surface area contributed by atoms with E-state index in [1.165, 1.54) is 0 Å². The van der Waals surface area contributed by atoms with Crippen molar-refractivity contribution in [2.45, 2.75) is 72.4 Å². The summed E-state index contributed by atoms with van der Waals surface area (Å²) in [5, 5.41) is 0.242. The highest BCUT2D eigenvalue weighted by atomic mass is 31.1. The van der Waals surface area contributed by atoms with Crippen LogP contribution in [-0.2, 0) is 15.0 Å². The van der Waals surface area contributed by atoms with Gasteiger partial charge >= 0.3 is 0 Å². The van der Waals surface area contributed by atoms with Gasteiger partial charge in [-0.2, -0.15) is 0 Å². The van der Waals surface area contributed by atoms with Gasteiger partial charge in [-0.15, -0.1) is 0 Å². The molecule has 0 bridgehead atoms. The van der Waals surface area contributed by atoms with E-state index in [1.54, 1.807) is 36.6 Å². The van der Waals surface area contributed by atoms with Gasteiger partial charge in [0.15, 0.2) is 5.82 Å². The average Bonchev–Trinajstić information content (AvgIpc) is 2.99. The fourth-order valence-corrected chi connectivity index (χ4v) is 4.95. The second-order valence-electron chi connectivity index (χ2n) is 9.95. The Kier molecular flexibility index (Phi) is 7.80. The maximum Gasteiger partial charge on any atom is 0.242 e. The molecule has 0 N–H and O–H groups in total. The summed E-state index contributed by atoms with van der Waals surface area (Å²) in [7, 11) is 0.476. The molecule has 2 aromatic heterocycles. The number of aryl methyl sites for hydroxylation is 2. The summed E-state index contributed by atoms with van der Waals surface area (Å²) in [5.74, 6) is 1.26. The van der Waals surface area contributed by atoms with Crippen LogP contribution in [0.4, 0.5) is 11.5 Å². The predicted molar refractivity (Wildman–Crippen MR) is 143 cm³/mol. The largest absolute Gasteiger partial charge is 0.295 e. The molecule has 0 saturated carbocycles. The molecular formula is C27H34N5O2P. The summed E-state index contributed by atoms with van der Waals surface area (Å²) >= 11 is 0. The first kappa shape index (κ1) is 26.6. The number of hydrogen-bond acceptors (Lipinski definition) is 6. The van der Waals surface area contributed by atoms with Crippen molar-refractivity contribution in [3.05, 3.63) is 60.1 Å². The van der Waals surface area contributed by atoms with Gasteiger partial charge < -0.3 is 0 Å². The number of nitrogens with zero attached hydrogens (tertiary/aromatic N) is 5. The minimum atomic E-state index is -0.622. The SMILES string of the molecule is CCC(C)(C)PC(C)=O.Cc1cncc(N2C(=O)C(C)(C)c3ccc(-c4cnc(C)nc4)cc32)n1. The number of aromatic nitrogens is 4. The molecular weight excluding hydrogens is 457 g/mol. The van der Waals surface area contributed by atoms with Gasteiger partial charge in [-0.25, -0.2) is 15.0 Å². The minimum Gasteiger partial charge on any atom is -0.295 e. The topological polar surface area (TPSA) is 88.9 Å². The first-order chi connectivity index (χ1) is 16.4. The Balaban J connectivity index is 0.000000327. The van der Waals surface area contributed by atoms with Crippen LogP contribution < -0.4 is 4.90 Å². The maximum atomic E-state index is 13.1. The lowest BCUT2D eigenvalue weighted by Gasteiger charge is -2.19. The number of anilines is 2. The summed E-state index contributed by atoms with van der Waals surface area (Å²) < 4.78 is 0. The van der Waals surface area contributed by atoms with Crippen molar-refractivity contribution < 1.29 is 9.59 Å². The lowest BCUT2D eigenvalue weighted by atomic mass is 9.85. The van der Waals surface area contributed by atoms with Gasteiger partial charge in [-0.1, -0.05) is 32.9 Å². The van der Waals surface area contributed by atoms with Gasteiger partial charge in [0.1, 0.15) is 11.3 Å². The van der Waals surface area contributed by atoms with Crippen LogP contribution in [0.1, 0.15) is 65.0 Å². The molecule has 1 amide bonds. The first-order valence-electron chi connectivity index (χ1n) is 11.7. The molecule has 8 heteroatoms. The van der Waals surface area contributed by atoms with Crippen molar-refractivity contribution >= 4 is 31.5 Å². The lowest BCUT2D eigenvalue weighted by Crippen LogP contribution is -2.33. The highest BCUT2D eigenvalue weighted by Gasteiger charge is 2.45. The molecule has 0 aliphatic carbocycles. The molecule has 35 heavy (non-hydrogen) atoms. The van der Waals surface area contributed by atoms with Crippen molar-refractivity contribution in [2.24, 2.45) is 0 Å². The molecule has 1 aliphatic rings. The van der Waals surface area contributed by atoms with Crippen molar-refractivity contribution in [3.8, 4) is 11.1 Å². The molecule has 1 aliphatic heterocycles. The van der Waals surface area contributed by atoms with Crippen LogP contribution in [-0.4, -0.2) is 36.5 Å². The van der Waals surface area contributed by atoms with E-state index >= 15 is 0 Å². The van der Waals surface area contributed by atoms with Gasteiger partial charge in [0.25, 0.3) is 0 Å². The number of fused-ring (bicyclic) bond motifs is 1. The van der Waals surface area contributed by atoms with E-state index in [1.807, 2.05) is 45.9 Å². The van der Waals surface area contributed by atoms with Crippen molar-refractivity contribution in [3.63, 3.8) is 0 Å². The van der Waals surface area contributed by atoms with Crippen LogP contribution in [0.2, 0.25) is 0 Å². The van der Waals surface area contributed by atoms with Crippen molar-refractivity contribution in [1.82, 2.24) is 19.9 Å². The standard InChI is InChI=1S/C20H19N5O.C7H15OP/c1-12-8-21-11-18(24-12)25-17-7-14(15-9-22-13(2)23-10-15)5-6-16(17)20(3,4)19(25)26;1-5-7(3,4)9-6(2)8/h5-11H,1-4H3;9H,5H2,1-4H3. The van der Waals surface area contributed by atoms with Crippen LogP contribution in [0, 0.1) is 13.8 Å². The predicted octanol–water partition coefficient (Wildman–Crippen LogP) is 5.91. The molecule has 7 nitrogen and oxygen atoms in total. The zero-order chi connectivity index (χ0) is 26.0. The van der Waals surface area contributed by atoms with Crippen LogP contribution in [0.25, 0.3) is 11.1 Å². The molecule has 3 aromatic rings. The summed E-state index contributed by atoms with van der Waals surface area (Å²) in [6.07, 6.45) is 7.98. The second kappa shape index (κ2) is 10.3. The van der Waals surface area contributed by atoms with Gasteiger partial charge in [0, 0.05) is 24.2 Å². The molecule has 4 rings (SSSR count). The highest BCUT2D eigenvalue weighted by molar-refractivity contribution is 7.59. The van der Waals surface area contributed by atoms with Crippen LogP contribution >= 0.6 is 8.58 Å². The van der Waals surface area contributed by atoms with Crippen LogP contribution in [0.5, 0.6) is 0 Å². The molecule has 0 saturated heterocycles. The molecule has 1 aromatic carbocycles. The lowest BCUT2D eigenvalue weighted by molar-refractivity contribution is -0.121. The quantitative estimate of drug-likeness (QED) is 0.413. The Morgan fingerprint density at radius 2 is 1.71 bits per heavy atom. The van der Waals surface area contributed by atoms with Crippen molar-refractivity contribution in [2.75, 3.05) is 4.90 Å². The molecule has 184 valence electrons. The minimum absolute atomic E-state index is 0.00953. The third-order valence-electron chi connectivity index (χ3n) is 6.13. The monoisotopic (exact) mass is 491 g/mol. The van der Waals surface area contributed by atoms with Gasteiger partial charge in [0.2, 0.25) is 5.91 Å². The third-order valence-corrected chi connectivity index (χ3v) is 7.52. The number of carbonyl (C=O) groups excluding carboxylic acids is 2. The maximum absolute atomic E-state index is 13.1. The first-order valence-corrected chi connectivity index (χ1v) is 12.7. The van der Waals surface area contributed by atoms with Gasteiger partial charge in [0.05, 0.1) is 23.0 Å². The Labute approximate surface area is 209 Å². The van der Waals surface area contributed by atoms with E-state index in [2.05, 4.69) is 40.7 Å². The van der Waals surface area contributed by atoms with E-state index in [-0.39, 0.29) is 11.1 Å². The Bertz CT molecular complexity index is 1240. The zero-order valence-electron chi connectivity index (χ0n) is 21.8. The average molecular weight is 492 g/mol. The summed E-state index contributed by atoms with van der Waals surface area (Å²) in [5.41, 5.74) is 4.14. The van der Waals surface area contributed by atoms with E-state index < -0.39 is 5.41 Å². The molecule has 0 spiro atoms. The number of carbonyl (C=O) groups is 2. The zero-order valence-corrected chi connectivity index (χ0v) is 22.8. The fraction of sp³-hybridized carbons (Fsp3) is 0.407. The summed E-state index contributed by atoms with van der Waals surface area (Å²) in [6.45, 7) is 15.6. The van der Waals surface area contributed by atoms with Crippen LogP contribution in [0.15, 0.2) is 43.0 Å². The van der Waals surface area contributed by atoms with E-state index in [4.69, 9.17) is 0 Å².